The SMILES string of the molecule is Cc1ccn(-c2cc(C(N)=O)ccc2[C@@H](Oc2cc(N3CCC4(CC3)CN[C@H](C(=O)O)C4)nc(N)n2)C(F)(F)F)n1. The second kappa shape index (κ2) is 10.5. The number of piperidine rings is 1. The second-order valence-electron chi connectivity index (χ2n) is 10.5. The normalized spacial score (nSPS) is 19.3. The summed E-state index contributed by atoms with van der Waals surface area (Å²) >= 11 is 0. The number of carboxylic acids is 1. The Morgan fingerprint density at radius 2 is 1.93 bits per heavy atom. The summed E-state index contributed by atoms with van der Waals surface area (Å²) in [7, 11) is 0. The van der Waals surface area contributed by atoms with Crippen LogP contribution in [-0.2, 0) is 4.79 Å². The van der Waals surface area contributed by atoms with Crippen molar-refractivity contribution < 1.29 is 32.6 Å². The number of halogens is 3. The summed E-state index contributed by atoms with van der Waals surface area (Å²) in [6, 6.07) is 5.85. The third-order valence-corrected chi connectivity index (χ3v) is 7.62. The van der Waals surface area contributed by atoms with Gasteiger partial charge in [0.1, 0.15) is 11.9 Å². The van der Waals surface area contributed by atoms with Gasteiger partial charge in [0.05, 0.1) is 11.4 Å². The van der Waals surface area contributed by atoms with E-state index in [9.17, 15) is 27.9 Å². The fourth-order valence-corrected chi connectivity index (χ4v) is 5.43. The molecule has 2 aliphatic heterocycles. The number of aliphatic carboxylic acids is 1. The Morgan fingerprint density at radius 3 is 2.51 bits per heavy atom. The molecule has 5 rings (SSSR count). The van der Waals surface area contributed by atoms with E-state index in [0.29, 0.717) is 50.4 Å². The van der Waals surface area contributed by atoms with Crippen molar-refractivity contribution in [2.45, 2.75) is 44.5 Å². The van der Waals surface area contributed by atoms with Crippen molar-refractivity contribution in [3.8, 4) is 11.6 Å². The van der Waals surface area contributed by atoms with Gasteiger partial charge in [0, 0.05) is 43.0 Å². The lowest BCUT2D eigenvalue weighted by Gasteiger charge is -2.39. The maximum Gasteiger partial charge on any atom is 0.429 e. The minimum absolute atomic E-state index is 0.00130. The zero-order valence-electron chi connectivity index (χ0n) is 22.1. The highest BCUT2D eigenvalue weighted by atomic mass is 19.4. The highest BCUT2D eigenvalue weighted by Crippen LogP contribution is 2.42. The largest absolute Gasteiger partial charge is 0.480 e. The lowest BCUT2D eigenvalue weighted by atomic mass is 9.76. The number of hydrogen-bond acceptors (Lipinski definition) is 9. The summed E-state index contributed by atoms with van der Waals surface area (Å²) < 4.78 is 50.1. The number of aryl methyl sites for hydroxylation is 1. The van der Waals surface area contributed by atoms with E-state index in [1.54, 1.807) is 13.0 Å². The molecule has 6 N–H and O–H groups in total. The first-order valence-corrected chi connectivity index (χ1v) is 12.9. The molecule has 2 atom stereocenters. The van der Waals surface area contributed by atoms with E-state index in [1.165, 1.54) is 29.1 Å². The summed E-state index contributed by atoms with van der Waals surface area (Å²) in [5, 5.41) is 16.6. The van der Waals surface area contributed by atoms with Gasteiger partial charge in [0.25, 0.3) is 0 Å². The predicted octanol–water partition coefficient (Wildman–Crippen LogP) is 2.37. The molecule has 2 saturated heterocycles. The Kier molecular flexibility index (Phi) is 7.23. The van der Waals surface area contributed by atoms with Crippen LogP contribution in [0.1, 0.15) is 47.0 Å². The van der Waals surface area contributed by atoms with E-state index in [0.717, 1.165) is 6.07 Å². The maximum absolute atomic E-state index is 14.5. The van der Waals surface area contributed by atoms with Crippen molar-refractivity contribution in [3.05, 3.63) is 53.3 Å². The van der Waals surface area contributed by atoms with Crippen LogP contribution in [0.25, 0.3) is 5.69 Å². The zero-order chi connectivity index (χ0) is 29.5. The molecule has 1 spiro atoms. The Balaban J connectivity index is 1.43. The van der Waals surface area contributed by atoms with Gasteiger partial charge in [0.2, 0.25) is 23.8 Å². The monoisotopic (exact) mass is 574 g/mol. The van der Waals surface area contributed by atoms with Gasteiger partial charge in [-0.25, -0.2) is 4.68 Å². The first-order chi connectivity index (χ1) is 19.3. The average molecular weight is 575 g/mol. The molecule has 41 heavy (non-hydrogen) atoms. The van der Waals surface area contributed by atoms with Crippen molar-refractivity contribution in [3.63, 3.8) is 0 Å². The number of primary amides is 1. The fraction of sp³-hybridized carbons (Fsp3) is 0.423. The van der Waals surface area contributed by atoms with Crippen LogP contribution in [0.5, 0.6) is 5.88 Å². The Labute approximate surface area is 232 Å². The molecule has 12 nitrogen and oxygen atoms in total. The van der Waals surface area contributed by atoms with Crippen molar-refractivity contribution in [2.24, 2.45) is 11.1 Å². The van der Waals surface area contributed by atoms with Crippen LogP contribution in [-0.4, -0.2) is 68.6 Å². The molecular formula is C26H29F3N8O4. The number of nitrogens with two attached hydrogens (primary N) is 2. The first-order valence-electron chi connectivity index (χ1n) is 12.9. The molecule has 0 aliphatic carbocycles. The first kappa shape index (κ1) is 28.1. The van der Waals surface area contributed by atoms with Crippen LogP contribution in [0.2, 0.25) is 0 Å². The fourth-order valence-electron chi connectivity index (χ4n) is 5.43. The molecule has 218 valence electrons. The van der Waals surface area contributed by atoms with Crippen LogP contribution in [0.3, 0.4) is 0 Å². The highest BCUT2D eigenvalue weighted by molar-refractivity contribution is 5.93. The molecule has 2 fully saturated rings. The Morgan fingerprint density at radius 1 is 1.20 bits per heavy atom. The summed E-state index contributed by atoms with van der Waals surface area (Å²) in [4.78, 5) is 33.1. The number of benzene rings is 1. The number of alkyl halides is 3. The Bertz CT molecular complexity index is 1470. The zero-order valence-corrected chi connectivity index (χ0v) is 22.1. The number of rotatable bonds is 7. The van der Waals surface area contributed by atoms with Crippen molar-refractivity contribution in [2.75, 3.05) is 30.3 Å². The number of hydrogen-bond donors (Lipinski definition) is 4. The van der Waals surface area contributed by atoms with Crippen LogP contribution in [0, 0.1) is 12.3 Å². The van der Waals surface area contributed by atoms with Crippen LogP contribution in [0.15, 0.2) is 36.5 Å². The van der Waals surface area contributed by atoms with Gasteiger partial charge in [-0.15, -0.1) is 0 Å². The molecule has 0 bridgehead atoms. The van der Waals surface area contributed by atoms with Crippen molar-refractivity contribution >= 4 is 23.6 Å². The smallest absolute Gasteiger partial charge is 0.429 e. The summed E-state index contributed by atoms with van der Waals surface area (Å²) in [6.45, 7) is 3.26. The van der Waals surface area contributed by atoms with E-state index in [-0.39, 0.29) is 34.1 Å². The minimum atomic E-state index is -4.89. The molecule has 2 aliphatic rings. The summed E-state index contributed by atoms with van der Waals surface area (Å²) in [5.74, 6) is -2.04. The number of ether oxygens (including phenoxy) is 1. The average Bonchev–Trinajstić information content (AvgIpc) is 3.53. The van der Waals surface area contributed by atoms with Gasteiger partial charge < -0.3 is 31.5 Å². The van der Waals surface area contributed by atoms with E-state index in [1.807, 2.05) is 4.90 Å². The number of nitrogens with one attached hydrogen (secondary N) is 1. The predicted molar refractivity (Wildman–Crippen MR) is 141 cm³/mol. The number of carbonyl (C=O) groups is 2. The lowest BCUT2D eigenvalue weighted by Crippen LogP contribution is -2.41. The molecule has 4 heterocycles. The number of nitrogen functional groups attached to an aromatic ring is 1. The molecule has 15 heteroatoms. The quantitative estimate of drug-likeness (QED) is 0.328. The second-order valence-corrected chi connectivity index (χ2v) is 10.5. The number of amides is 1. The number of carbonyl (C=O) groups excluding carboxylic acids is 1. The van der Waals surface area contributed by atoms with Gasteiger partial charge in [-0.1, -0.05) is 6.07 Å². The van der Waals surface area contributed by atoms with Gasteiger partial charge >= 0.3 is 12.1 Å². The van der Waals surface area contributed by atoms with Gasteiger partial charge in [-0.3, -0.25) is 9.59 Å². The molecular weight excluding hydrogens is 545 g/mol. The van der Waals surface area contributed by atoms with Crippen LogP contribution in [0.4, 0.5) is 24.9 Å². The molecule has 0 saturated carbocycles. The number of aromatic nitrogens is 4. The summed E-state index contributed by atoms with van der Waals surface area (Å²) in [6.07, 6.45) is -4.06. The molecule has 3 aromatic rings. The number of nitrogens with zero attached hydrogens (tertiary/aromatic N) is 5. The van der Waals surface area contributed by atoms with E-state index in [4.69, 9.17) is 16.2 Å². The highest BCUT2D eigenvalue weighted by Gasteiger charge is 2.46. The third-order valence-electron chi connectivity index (χ3n) is 7.62. The molecule has 0 unspecified atom stereocenters. The number of carboxylic acid groups (broad SMARTS) is 1. The molecule has 1 amide bonds. The maximum atomic E-state index is 14.5. The van der Waals surface area contributed by atoms with E-state index >= 15 is 0 Å². The standard InChI is InChI=1S/C26H29F3N8O4/c1-14-4-7-37(35-14)18-10-15(22(30)38)2-3-16(18)21(26(27,28)29)41-20-11-19(33-24(31)34-20)36-8-5-25(6-9-36)12-17(23(39)40)32-13-25/h2-4,7,10-11,17,21,32H,5-6,8-9,12-13H2,1H3,(H2,30,38)(H,39,40)(H2,31,33,34)/t17-,21+/m0/s1. The summed E-state index contributed by atoms with van der Waals surface area (Å²) in [5.41, 5.74) is 11.3. The van der Waals surface area contributed by atoms with Crippen molar-refractivity contribution in [1.29, 1.82) is 0 Å². The molecule has 1 aromatic carbocycles. The minimum Gasteiger partial charge on any atom is -0.480 e. The van der Waals surface area contributed by atoms with Crippen molar-refractivity contribution in [1.82, 2.24) is 25.1 Å². The van der Waals surface area contributed by atoms with Gasteiger partial charge in [-0.2, -0.15) is 28.2 Å². The number of anilines is 2. The molecule has 2 aromatic heterocycles. The Hall–Kier alpha value is -4.40. The van der Waals surface area contributed by atoms with E-state index in [2.05, 4.69) is 20.4 Å². The third kappa shape index (κ3) is 5.89. The topological polar surface area (TPSA) is 175 Å². The molecule has 0 radical (unpaired) electrons. The lowest BCUT2D eigenvalue weighted by molar-refractivity contribution is -0.198. The van der Waals surface area contributed by atoms with Crippen LogP contribution >= 0.6 is 0 Å². The van der Waals surface area contributed by atoms with E-state index < -0.39 is 30.2 Å². The van der Waals surface area contributed by atoms with Gasteiger partial charge in [-0.05, 0) is 49.8 Å². The van der Waals surface area contributed by atoms with Gasteiger partial charge in [0.15, 0.2) is 0 Å². The van der Waals surface area contributed by atoms with Crippen LogP contribution < -0.4 is 26.4 Å².